The predicted octanol–water partition coefficient (Wildman–Crippen LogP) is 3.48. The number of ether oxygens (including phenoxy) is 1. The molecular weight excluding hydrogens is 494 g/mol. The molecule has 3 heterocycles. The molecule has 3 N–H and O–H groups in total. The highest BCUT2D eigenvalue weighted by molar-refractivity contribution is 6.04. The quantitative estimate of drug-likeness (QED) is 0.458. The van der Waals surface area contributed by atoms with Gasteiger partial charge in [-0.15, -0.1) is 0 Å². The first-order valence-electron chi connectivity index (χ1n) is 14.0. The van der Waals surface area contributed by atoms with E-state index in [0.717, 1.165) is 16.7 Å². The highest BCUT2D eigenvalue weighted by atomic mass is 16.5. The van der Waals surface area contributed by atoms with Gasteiger partial charge in [-0.2, -0.15) is 0 Å². The third-order valence-corrected chi connectivity index (χ3v) is 9.19. The number of amides is 3. The van der Waals surface area contributed by atoms with Crippen LogP contribution in [-0.4, -0.2) is 57.6 Å². The molecule has 2 aromatic carbocycles. The van der Waals surface area contributed by atoms with E-state index in [1.54, 1.807) is 0 Å². The maximum atomic E-state index is 14.2. The fourth-order valence-corrected chi connectivity index (χ4v) is 7.13. The van der Waals surface area contributed by atoms with Gasteiger partial charge < -0.3 is 25.4 Å². The van der Waals surface area contributed by atoms with E-state index in [1.165, 1.54) is 4.90 Å². The summed E-state index contributed by atoms with van der Waals surface area (Å²) in [5.74, 6) is -2.37. The van der Waals surface area contributed by atoms with Gasteiger partial charge >= 0.3 is 0 Å². The molecule has 2 unspecified atom stereocenters. The largest absolute Gasteiger partial charge is 0.394 e. The minimum atomic E-state index is -1.13. The number of anilines is 1. The summed E-state index contributed by atoms with van der Waals surface area (Å²) in [6, 6.07) is 14.0. The van der Waals surface area contributed by atoms with Gasteiger partial charge in [0, 0.05) is 12.2 Å². The summed E-state index contributed by atoms with van der Waals surface area (Å²) in [6.45, 7) is 7.82. The number of nitrogens with one attached hydrogen (secondary N) is 2. The first-order chi connectivity index (χ1) is 18.7. The fraction of sp³-hybridized carbons (Fsp3) is 0.516. The van der Waals surface area contributed by atoms with E-state index < -0.39 is 35.1 Å². The summed E-state index contributed by atoms with van der Waals surface area (Å²) in [7, 11) is 0. The Balaban J connectivity index is 1.52. The van der Waals surface area contributed by atoms with Crippen LogP contribution in [0.5, 0.6) is 0 Å². The number of likely N-dealkylation sites (tertiary alicyclic amines) is 1. The van der Waals surface area contributed by atoms with Crippen molar-refractivity contribution in [2.75, 3.05) is 11.9 Å². The monoisotopic (exact) mass is 533 g/mol. The Morgan fingerprint density at radius 2 is 1.85 bits per heavy atom. The maximum Gasteiger partial charge on any atom is 0.250 e. The van der Waals surface area contributed by atoms with Crippen molar-refractivity contribution in [3.8, 4) is 0 Å². The number of carbonyl (C=O) groups is 3. The standard InChI is InChI=1S/C31H39N3O5/c1-5-22(18-35)34-26(28(37)33-23-16-19(3)12-13-20(23)4)31-15-14-30(6-2,39-31)24(25(31)29(34)38)27(36)32-17-21-10-8-7-9-11-21/h7-13,16,22,24-26,35H,5-6,14-15,17-18H2,1-4H3,(H,32,36)(H,33,37)/t22-,24+,25-,26?,30-,31?/m0/s1. The molecule has 3 aliphatic heterocycles. The number of carbonyl (C=O) groups excluding carboxylic acids is 3. The molecule has 3 aliphatic rings. The van der Waals surface area contributed by atoms with Gasteiger partial charge in [-0.3, -0.25) is 14.4 Å². The summed E-state index contributed by atoms with van der Waals surface area (Å²) in [6.07, 6.45) is 2.13. The Hall–Kier alpha value is -3.23. The Morgan fingerprint density at radius 1 is 1.10 bits per heavy atom. The molecule has 3 fully saturated rings. The van der Waals surface area contributed by atoms with Crippen molar-refractivity contribution in [1.82, 2.24) is 10.2 Å². The first kappa shape index (κ1) is 27.3. The molecule has 5 rings (SSSR count). The highest BCUT2D eigenvalue weighted by Crippen LogP contribution is 2.64. The molecule has 0 aliphatic carbocycles. The molecule has 3 saturated heterocycles. The van der Waals surface area contributed by atoms with Gasteiger partial charge in [-0.1, -0.05) is 56.3 Å². The van der Waals surface area contributed by atoms with Gasteiger partial charge in [0.2, 0.25) is 17.7 Å². The average molecular weight is 534 g/mol. The molecule has 6 atom stereocenters. The third-order valence-electron chi connectivity index (χ3n) is 9.19. The molecule has 0 saturated carbocycles. The lowest BCUT2D eigenvalue weighted by Crippen LogP contribution is -2.56. The molecular formula is C31H39N3O5. The van der Waals surface area contributed by atoms with Crippen LogP contribution in [0.4, 0.5) is 5.69 Å². The maximum absolute atomic E-state index is 14.2. The zero-order chi connectivity index (χ0) is 27.9. The number of fused-ring (bicyclic) bond motifs is 1. The second kappa shape index (κ2) is 10.4. The third kappa shape index (κ3) is 4.34. The number of nitrogens with zero attached hydrogens (tertiary/aromatic N) is 1. The Kier molecular flexibility index (Phi) is 7.29. The zero-order valence-corrected chi connectivity index (χ0v) is 23.2. The van der Waals surface area contributed by atoms with Gasteiger partial charge in [0.1, 0.15) is 11.6 Å². The van der Waals surface area contributed by atoms with E-state index in [-0.39, 0.29) is 24.3 Å². The number of hydrogen-bond acceptors (Lipinski definition) is 5. The van der Waals surface area contributed by atoms with Crippen LogP contribution in [0.25, 0.3) is 0 Å². The number of rotatable bonds is 9. The number of aliphatic hydroxyl groups excluding tert-OH is 1. The van der Waals surface area contributed by atoms with Crippen LogP contribution in [-0.2, 0) is 25.7 Å². The predicted molar refractivity (Wildman–Crippen MR) is 148 cm³/mol. The minimum Gasteiger partial charge on any atom is -0.394 e. The lowest BCUT2D eigenvalue weighted by atomic mass is 9.65. The van der Waals surface area contributed by atoms with E-state index in [9.17, 15) is 19.5 Å². The number of aliphatic hydroxyl groups is 1. The number of benzene rings is 2. The van der Waals surface area contributed by atoms with Gasteiger partial charge in [0.25, 0.3) is 0 Å². The van der Waals surface area contributed by atoms with Gasteiger partial charge in [-0.05, 0) is 62.3 Å². The molecule has 3 amide bonds. The van der Waals surface area contributed by atoms with Crippen molar-refractivity contribution in [3.63, 3.8) is 0 Å². The van der Waals surface area contributed by atoms with Crippen LogP contribution >= 0.6 is 0 Å². The lowest BCUT2D eigenvalue weighted by Gasteiger charge is -2.37. The summed E-state index contributed by atoms with van der Waals surface area (Å²) in [4.78, 5) is 43.7. The second-order valence-corrected chi connectivity index (χ2v) is 11.3. The van der Waals surface area contributed by atoms with Crippen molar-refractivity contribution in [3.05, 3.63) is 65.2 Å². The van der Waals surface area contributed by atoms with E-state index >= 15 is 0 Å². The second-order valence-electron chi connectivity index (χ2n) is 11.3. The van der Waals surface area contributed by atoms with Crippen molar-refractivity contribution < 1.29 is 24.2 Å². The summed E-state index contributed by atoms with van der Waals surface area (Å²) < 4.78 is 6.81. The average Bonchev–Trinajstić information content (AvgIpc) is 3.54. The molecule has 39 heavy (non-hydrogen) atoms. The highest BCUT2D eigenvalue weighted by Gasteiger charge is 2.79. The molecule has 8 heteroatoms. The van der Waals surface area contributed by atoms with E-state index in [2.05, 4.69) is 10.6 Å². The molecule has 2 bridgehead atoms. The van der Waals surface area contributed by atoms with Crippen LogP contribution < -0.4 is 10.6 Å². The Morgan fingerprint density at radius 3 is 2.51 bits per heavy atom. The summed E-state index contributed by atoms with van der Waals surface area (Å²) >= 11 is 0. The van der Waals surface area contributed by atoms with Gasteiger partial charge in [-0.25, -0.2) is 0 Å². The van der Waals surface area contributed by atoms with Gasteiger partial charge in [0.05, 0.1) is 30.1 Å². The molecule has 8 nitrogen and oxygen atoms in total. The number of hydrogen-bond donors (Lipinski definition) is 3. The lowest BCUT2D eigenvalue weighted by molar-refractivity contribution is -0.149. The van der Waals surface area contributed by atoms with E-state index in [4.69, 9.17) is 4.74 Å². The minimum absolute atomic E-state index is 0.229. The van der Waals surface area contributed by atoms with Crippen molar-refractivity contribution in [2.45, 2.75) is 83.2 Å². The molecule has 1 spiro atoms. The van der Waals surface area contributed by atoms with Crippen molar-refractivity contribution in [1.29, 1.82) is 0 Å². The zero-order valence-electron chi connectivity index (χ0n) is 23.2. The van der Waals surface area contributed by atoms with Crippen LogP contribution in [0.2, 0.25) is 0 Å². The molecule has 0 aromatic heterocycles. The first-order valence-corrected chi connectivity index (χ1v) is 14.0. The van der Waals surface area contributed by atoms with E-state index in [0.29, 0.717) is 37.9 Å². The van der Waals surface area contributed by atoms with E-state index in [1.807, 2.05) is 76.2 Å². The normalized spacial score (nSPS) is 29.8. The van der Waals surface area contributed by atoms with Crippen LogP contribution in [0.15, 0.2) is 48.5 Å². The smallest absolute Gasteiger partial charge is 0.250 e. The topological polar surface area (TPSA) is 108 Å². The Bertz CT molecular complexity index is 1260. The molecule has 208 valence electrons. The SMILES string of the molecule is CC[C@@H](CO)N1C(=O)[C@@H]2[C@H](C(=O)NCc3ccccc3)[C@]3(CC)CCC2(O3)C1C(=O)Nc1cc(C)ccc1C. The molecule has 0 radical (unpaired) electrons. The van der Waals surface area contributed by atoms with Gasteiger partial charge in [0.15, 0.2) is 0 Å². The fourth-order valence-electron chi connectivity index (χ4n) is 7.13. The summed E-state index contributed by atoms with van der Waals surface area (Å²) in [5.41, 5.74) is 1.61. The summed E-state index contributed by atoms with van der Waals surface area (Å²) in [5, 5.41) is 16.3. The van der Waals surface area contributed by atoms with Crippen LogP contribution in [0.1, 0.15) is 56.2 Å². The van der Waals surface area contributed by atoms with Crippen LogP contribution in [0, 0.1) is 25.7 Å². The van der Waals surface area contributed by atoms with Crippen LogP contribution in [0.3, 0.4) is 0 Å². The number of aryl methyl sites for hydroxylation is 2. The Labute approximate surface area is 230 Å². The molecule has 2 aromatic rings. The van der Waals surface area contributed by atoms with Crippen molar-refractivity contribution in [2.24, 2.45) is 11.8 Å². The van der Waals surface area contributed by atoms with Crippen molar-refractivity contribution >= 4 is 23.4 Å².